The van der Waals surface area contributed by atoms with Crippen molar-refractivity contribution in [3.63, 3.8) is 0 Å². The summed E-state index contributed by atoms with van der Waals surface area (Å²) in [6.45, 7) is 14.4. The summed E-state index contributed by atoms with van der Waals surface area (Å²) in [7, 11) is 0. The number of unbranched alkanes of at least 4 members (excludes halogenated alkanes) is 2. The molecule has 2 atom stereocenters. The first-order chi connectivity index (χ1) is 7.11. The van der Waals surface area contributed by atoms with E-state index in [0.29, 0.717) is 12.1 Å². The van der Waals surface area contributed by atoms with Crippen molar-refractivity contribution in [3.05, 3.63) is 24.8 Å². The zero-order valence-electron chi connectivity index (χ0n) is 10.7. The minimum absolute atomic E-state index is 0.402. The topological polar surface area (TPSA) is 12.0 Å². The van der Waals surface area contributed by atoms with Crippen LogP contribution in [0.2, 0.25) is 0 Å². The minimum Gasteiger partial charge on any atom is -0.307 e. The van der Waals surface area contributed by atoms with Crippen molar-refractivity contribution in [2.75, 3.05) is 0 Å². The average molecular weight is 209 g/mol. The molecule has 2 unspecified atom stereocenters. The van der Waals surface area contributed by atoms with E-state index in [1.165, 1.54) is 31.3 Å². The molecule has 0 fully saturated rings. The SMILES string of the molecule is C=CCC(NC(C)CCCCC)C(=C)C. The Morgan fingerprint density at radius 3 is 2.53 bits per heavy atom. The third-order valence-corrected chi connectivity index (χ3v) is 2.72. The number of nitrogens with one attached hydrogen (secondary N) is 1. The zero-order chi connectivity index (χ0) is 11.7. The van der Waals surface area contributed by atoms with Gasteiger partial charge in [0.05, 0.1) is 0 Å². The van der Waals surface area contributed by atoms with Gasteiger partial charge < -0.3 is 5.32 Å². The van der Waals surface area contributed by atoms with Crippen LogP contribution in [0.15, 0.2) is 24.8 Å². The Morgan fingerprint density at radius 2 is 2.07 bits per heavy atom. The molecule has 0 aliphatic heterocycles. The lowest BCUT2D eigenvalue weighted by Crippen LogP contribution is -2.36. The van der Waals surface area contributed by atoms with Crippen LogP contribution in [0.3, 0.4) is 0 Å². The molecule has 1 heteroatoms. The molecule has 0 rings (SSSR count). The molecule has 0 aromatic heterocycles. The van der Waals surface area contributed by atoms with Gasteiger partial charge >= 0.3 is 0 Å². The van der Waals surface area contributed by atoms with Gasteiger partial charge in [0, 0.05) is 12.1 Å². The molecule has 1 N–H and O–H groups in total. The van der Waals surface area contributed by atoms with Crippen LogP contribution in [-0.4, -0.2) is 12.1 Å². The molecule has 15 heavy (non-hydrogen) atoms. The van der Waals surface area contributed by atoms with Gasteiger partial charge in [-0.1, -0.05) is 44.4 Å². The average Bonchev–Trinajstić information content (AvgIpc) is 2.17. The fourth-order valence-corrected chi connectivity index (χ4v) is 1.71. The standard InChI is InChI=1S/C14H27N/c1-6-8-9-11-13(5)15-14(10-7-2)12(3)4/h7,13-15H,2-3,6,8-11H2,1,4-5H3. The first-order valence-corrected chi connectivity index (χ1v) is 6.14. The summed E-state index contributed by atoms with van der Waals surface area (Å²) in [5.41, 5.74) is 1.21. The summed E-state index contributed by atoms with van der Waals surface area (Å²) in [5.74, 6) is 0. The molecule has 0 radical (unpaired) electrons. The van der Waals surface area contributed by atoms with E-state index in [4.69, 9.17) is 0 Å². The van der Waals surface area contributed by atoms with Gasteiger partial charge in [-0.15, -0.1) is 6.58 Å². The third kappa shape index (κ3) is 7.38. The minimum atomic E-state index is 0.402. The van der Waals surface area contributed by atoms with Gasteiger partial charge in [0.15, 0.2) is 0 Å². The maximum absolute atomic E-state index is 4.01. The van der Waals surface area contributed by atoms with Crippen molar-refractivity contribution in [3.8, 4) is 0 Å². The molecule has 0 spiro atoms. The molecule has 0 aliphatic rings. The monoisotopic (exact) mass is 209 g/mol. The summed E-state index contributed by atoms with van der Waals surface area (Å²) in [6, 6.07) is 0.984. The van der Waals surface area contributed by atoms with Gasteiger partial charge in [0.2, 0.25) is 0 Å². The molecular formula is C14H27N. The lowest BCUT2D eigenvalue weighted by molar-refractivity contribution is 0.444. The van der Waals surface area contributed by atoms with Crippen LogP contribution >= 0.6 is 0 Å². The Balaban J connectivity index is 3.83. The van der Waals surface area contributed by atoms with Crippen molar-refractivity contribution in [2.45, 2.75) is 65.0 Å². The van der Waals surface area contributed by atoms with Crippen LogP contribution in [0, 0.1) is 0 Å². The fraction of sp³-hybridized carbons (Fsp3) is 0.714. The summed E-state index contributed by atoms with van der Waals surface area (Å²) in [6.07, 6.45) is 8.16. The van der Waals surface area contributed by atoms with E-state index in [9.17, 15) is 0 Å². The Labute approximate surface area is 95.7 Å². The first-order valence-electron chi connectivity index (χ1n) is 6.14. The van der Waals surface area contributed by atoms with Crippen LogP contribution in [0.25, 0.3) is 0 Å². The molecule has 0 aromatic rings. The lowest BCUT2D eigenvalue weighted by Gasteiger charge is -2.22. The van der Waals surface area contributed by atoms with Gasteiger partial charge in [-0.3, -0.25) is 0 Å². The van der Waals surface area contributed by atoms with E-state index in [2.05, 4.69) is 39.2 Å². The summed E-state index contributed by atoms with van der Waals surface area (Å²) < 4.78 is 0. The molecule has 0 heterocycles. The largest absolute Gasteiger partial charge is 0.307 e. The van der Waals surface area contributed by atoms with Crippen LogP contribution in [0.4, 0.5) is 0 Å². The molecule has 1 nitrogen and oxygen atoms in total. The molecule has 88 valence electrons. The Bertz CT molecular complexity index is 184. The molecule has 0 amide bonds. The summed E-state index contributed by atoms with van der Waals surface area (Å²) >= 11 is 0. The van der Waals surface area contributed by atoms with Gasteiger partial charge in [0.1, 0.15) is 0 Å². The second-order valence-corrected chi connectivity index (χ2v) is 4.49. The Morgan fingerprint density at radius 1 is 1.40 bits per heavy atom. The lowest BCUT2D eigenvalue weighted by atomic mass is 10.0. The van der Waals surface area contributed by atoms with Gasteiger partial charge in [-0.25, -0.2) is 0 Å². The van der Waals surface area contributed by atoms with Crippen molar-refractivity contribution < 1.29 is 0 Å². The predicted octanol–water partition coefficient (Wildman–Crippen LogP) is 4.07. The molecule has 0 aliphatic carbocycles. The van der Waals surface area contributed by atoms with E-state index in [1.54, 1.807) is 0 Å². The predicted molar refractivity (Wildman–Crippen MR) is 70.2 cm³/mol. The van der Waals surface area contributed by atoms with E-state index in [0.717, 1.165) is 6.42 Å². The smallest absolute Gasteiger partial charge is 0.0310 e. The van der Waals surface area contributed by atoms with E-state index >= 15 is 0 Å². The van der Waals surface area contributed by atoms with Crippen LogP contribution in [0.1, 0.15) is 52.9 Å². The molecular weight excluding hydrogens is 182 g/mol. The van der Waals surface area contributed by atoms with E-state index in [-0.39, 0.29) is 0 Å². The number of hydrogen-bond donors (Lipinski definition) is 1. The molecule has 0 aromatic carbocycles. The second kappa shape index (κ2) is 8.72. The van der Waals surface area contributed by atoms with E-state index in [1.807, 2.05) is 6.08 Å². The number of rotatable bonds is 9. The van der Waals surface area contributed by atoms with Crippen molar-refractivity contribution >= 4 is 0 Å². The Hall–Kier alpha value is -0.560. The normalized spacial score (nSPS) is 14.6. The highest BCUT2D eigenvalue weighted by molar-refractivity contribution is 5.04. The summed E-state index contributed by atoms with van der Waals surface area (Å²) in [5, 5.41) is 3.61. The van der Waals surface area contributed by atoms with Gasteiger partial charge in [-0.2, -0.15) is 0 Å². The maximum Gasteiger partial charge on any atom is 0.0310 e. The highest BCUT2D eigenvalue weighted by atomic mass is 14.9. The van der Waals surface area contributed by atoms with Crippen molar-refractivity contribution in [1.82, 2.24) is 5.32 Å². The second-order valence-electron chi connectivity index (χ2n) is 4.49. The third-order valence-electron chi connectivity index (χ3n) is 2.72. The van der Waals surface area contributed by atoms with Crippen LogP contribution in [0.5, 0.6) is 0 Å². The Kier molecular flexibility index (Phi) is 8.40. The zero-order valence-corrected chi connectivity index (χ0v) is 10.7. The first kappa shape index (κ1) is 14.4. The van der Waals surface area contributed by atoms with Crippen LogP contribution < -0.4 is 5.32 Å². The highest BCUT2D eigenvalue weighted by Crippen LogP contribution is 2.09. The summed E-state index contributed by atoms with van der Waals surface area (Å²) in [4.78, 5) is 0. The van der Waals surface area contributed by atoms with Gasteiger partial charge in [0.25, 0.3) is 0 Å². The number of hydrogen-bond acceptors (Lipinski definition) is 1. The van der Waals surface area contributed by atoms with E-state index < -0.39 is 0 Å². The quantitative estimate of drug-likeness (QED) is 0.446. The fourth-order valence-electron chi connectivity index (χ4n) is 1.71. The molecule has 0 saturated heterocycles. The molecule has 0 bridgehead atoms. The molecule has 0 saturated carbocycles. The van der Waals surface area contributed by atoms with Gasteiger partial charge in [-0.05, 0) is 26.7 Å². The maximum atomic E-state index is 4.01. The van der Waals surface area contributed by atoms with Crippen molar-refractivity contribution in [1.29, 1.82) is 0 Å². The highest BCUT2D eigenvalue weighted by Gasteiger charge is 2.10. The van der Waals surface area contributed by atoms with Crippen molar-refractivity contribution in [2.24, 2.45) is 0 Å². The van der Waals surface area contributed by atoms with Crippen LogP contribution in [-0.2, 0) is 0 Å².